The van der Waals surface area contributed by atoms with Gasteiger partial charge in [0.05, 0.1) is 13.2 Å². The van der Waals surface area contributed by atoms with E-state index >= 15 is 0 Å². The summed E-state index contributed by atoms with van der Waals surface area (Å²) in [6, 6.07) is 9.71. The number of H-pyrrole nitrogens is 1. The van der Waals surface area contributed by atoms with Gasteiger partial charge in [-0.05, 0) is 37.5 Å². The number of nitrogens with one attached hydrogen (secondary N) is 1. The Balaban J connectivity index is 1.82. The van der Waals surface area contributed by atoms with E-state index in [9.17, 15) is 14.9 Å². The van der Waals surface area contributed by atoms with Crippen LogP contribution in [0.2, 0.25) is 0 Å². The third-order valence-electron chi connectivity index (χ3n) is 4.81. The van der Waals surface area contributed by atoms with Gasteiger partial charge in [0, 0.05) is 29.9 Å². The Labute approximate surface area is 152 Å². The quantitative estimate of drug-likeness (QED) is 0.920. The van der Waals surface area contributed by atoms with Crippen LogP contribution in [0.3, 0.4) is 0 Å². The van der Waals surface area contributed by atoms with E-state index in [2.05, 4.69) is 4.98 Å². The van der Waals surface area contributed by atoms with E-state index in [1.54, 1.807) is 18.7 Å². The number of para-hydroxylation sites is 1. The van der Waals surface area contributed by atoms with Crippen molar-refractivity contribution < 1.29 is 9.53 Å². The molecule has 6 nitrogen and oxygen atoms in total. The monoisotopic (exact) mass is 351 g/mol. The standard InChI is InChI=1S/C20H21N3O3/c1-13-16(14(2)22-20(25)17(13)11-21)7-8-19(24)23-9-10-26-12-15-5-3-4-6-18(15)23/h3-6H,7-10,12H2,1-2H3,(H,22,25). The summed E-state index contributed by atoms with van der Waals surface area (Å²) in [7, 11) is 0. The summed E-state index contributed by atoms with van der Waals surface area (Å²) >= 11 is 0. The summed E-state index contributed by atoms with van der Waals surface area (Å²) in [4.78, 5) is 29.2. The first kappa shape index (κ1) is 17.9. The Morgan fingerprint density at radius 2 is 2.12 bits per heavy atom. The number of ether oxygens (including phenoxy) is 1. The predicted octanol–water partition coefficient (Wildman–Crippen LogP) is 2.36. The topological polar surface area (TPSA) is 86.2 Å². The number of amides is 1. The molecule has 0 saturated carbocycles. The molecule has 1 amide bonds. The van der Waals surface area contributed by atoms with Gasteiger partial charge in [0.1, 0.15) is 11.6 Å². The molecule has 26 heavy (non-hydrogen) atoms. The highest BCUT2D eigenvalue weighted by molar-refractivity contribution is 5.94. The van der Waals surface area contributed by atoms with Gasteiger partial charge in [-0.3, -0.25) is 9.59 Å². The molecule has 0 radical (unpaired) electrons. The number of benzene rings is 1. The number of anilines is 1. The fourth-order valence-electron chi connectivity index (χ4n) is 3.40. The van der Waals surface area contributed by atoms with E-state index in [0.29, 0.717) is 43.9 Å². The lowest BCUT2D eigenvalue weighted by molar-refractivity contribution is -0.118. The predicted molar refractivity (Wildman–Crippen MR) is 98.0 cm³/mol. The molecule has 1 N–H and O–H groups in total. The fourth-order valence-corrected chi connectivity index (χ4v) is 3.40. The molecule has 1 aliphatic heterocycles. The van der Waals surface area contributed by atoms with Crippen LogP contribution in [0.15, 0.2) is 29.1 Å². The second-order valence-corrected chi connectivity index (χ2v) is 6.40. The molecule has 0 unspecified atom stereocenters. The Bertz CT molecular complexity index is 940. The number of rotatable bonds is 3. The van der Waals surface area contributed by atoms with Crippen molar-refractivity contribution in [3.05, 3.63) is 62.6 Å². The van der Waals surface area contributed by atoms with E-state index in [4.69, 9.17) is 4.74 Å². The van der Waals surface area contributed by atoms with E-state index in [-0.39, 0.29) is 17.0 Å². The summed E-state index contributed by atoms with van der Waals surface area (Å²) in [5, 5.41) is 9.18. The molecule has 0 bridgehead atoms. The molecular formula is C20H21N3O3. The normalized spacial score (nSPS) is 13.7. The van der Waals surface area contributed by atoms with Gasteiger partial charge >= 0.3 is 0 Å². The van der Waals surface area contributed by atoms with Crippen LogP contribution in [0, 0.1) is 25.2 Å². The summed E-state index contributed by atoms with van der Waals surface area (Å²) in [5.41, 5.74) is 3.85. The highest BCUT2D eigenvalue weighted by Gasteiger charge is 2.22. The van der Waals surface area contributed by atoms with Crippen molar-refractivity contribution in [2.75, 3.05) is 18.1 Å². The lowest BCUT2D eigenvalue weighted by Crippen LogP contribution is -2.33. The van der Waals surface area contributed by atoms with Crippen LogP contribution in [-0.2, 0) is 22.6 Å². The number of carbonyl (C=O) groups is 1. The highest BCUT2D eigenvalue weighted by atomic mass is 16.5. The van der Waals surface area contributed by atoms with Gasteiger partial charge < -0.3 is 14.6 Å². The molecule has 1 aromatic carbocycles. The first-order valence-electron chi connectivity index (χ1n) is 8.61. The number of hydrogen-bond donors (Lipinski definition) is 1. The molecule has 0 atom stereocenters. The summed E-state index contributed by atoms with van der Waals surface area (Å²) in [6.07, 6.45) is 0.772. The number of aromatic nitrogens is 1. The minimum atomic E-state index is -0.379. The first-order chi connectivity index (χ1) is 12.5. The summed E-state index contributed by atoms with van der Waals surface area (Å²) < 4.78 is 5.58. The van der Waals surface area contributed by atoms with Crippen molar-refractivity contribution in [3.8, 4) is 6.07 Å². The number of carbonyl (C=O) groups excluding carboxylic acids is 1. The molecule has 2 heterocycles. The van der Waals surface area contributed by atoms with Crippen LogP contribution in [0.25, 0.3) is 0 Å². The van der Waals surface area contributed by atoms with Gasteiger partial charge in [-0.2, -0.15) is 5.26 Å². The van der Waals surface area contributed by atoms with E-state index in [0.717, 1.165) is 16.8 Å². The third kappa shape index (κ3) is 3.39. The fraction of sp³-hybridized carbons (Fsp3) is 0.350. The maximum atomic E-state index is 12.9. The van der Waals surface area contributed by atoms with Crippen LogP contribution in [-0.4, -0.2) is 24.0 Å². The smallest absolute Gasteiger partial charge is 0.266 e. The van der Waals surface area contributed by atoms with Gasteiger partial charge in [0.25, 0.3) is 5.56 Å². The zero-order valence-electron chi connectivity index (χ0n) is 15.0. The number of fused-ring (bicyclic) bond motifs is 1. The van der Waals surface area contributed by atoms with Crippen LogP contribution in [0.5, 0.6) is 0 Å². The average Bonchev–Trinajstić information content (AvgIpc) is 2.84. The minimum absolute atomic E-state index is 0.00598. The van der Waals surface area contributed by atoms with Gasteiger partial charge in [0.2, 0.25) is 5.91 Å². The van der Waals surface area contributed by atoms with Crippen LogP contribution in [0.4, 0.5) is 5.69 Å². The molecule has 134 valence electrons. The van der Waals surface area contributed by atoms with E-state index in [1.807, 2.05) is 30.3 Å². The van der Waals surface area contributed by atoms with Crippen molar-refractivity contribution >= 4 is 11.6 Å². The van der Waals surface area contributed by atoms with Crippen LogP contribution < -0.4 is 10.5 Å². The van der Waals surface area contributed by atoms with Crippen molar-refractivity contribution in [1.82, 2.24) is 4.98 Å². The zero-order chi connectivity index (χ0) is 18.7. The third-order valence-corrected chi connectivity index (χ3v) is 4.81. The lowest BCUT2D eigenvalue weighted by Gasteiger charge is -2.22. The Kier molecular flexibility index (Phi) is 5.19. The number of pyridine rings is 1. The van der Waals surface area contributed by atoms with E-state index in [1.165, 1.54) is 0 Å². The van der Waals surface area contributed by atoms with E-state index < -0.39 is 0 Å². The molecule has 0 saturated heterocycles. The minimum Gasteiger partial charge on any atom is -0.375 e. The van der Waals surface area contributed by atoms with Crippen molar-refractivity contribution in [1.29, 1.82) is 5.26 Å². The van der Waals surface area contributed by atoms with Gasteiger partial charge in [0.15, 0.2) is 0 Å². The number of nitrogens with zero attached hydrogens (tertiary/aromatic N) is 2. The molecule has 1 aromatic heterocycles. The Morgan fingerprint density at radius 1 is 1.35 bits per heavy atom. The Morgan fingerprint density at radius 3 is 2.88 bits per heavy atom. The highest BCUT2D eigenvalue weighted by Crippen LogP contribution is 2.25. The molecule has 6 heteroatoms. The van der Waals surface area contributed by atoms with Crippen molar-refractivity contribution in [3.63, 3.8) is 0 Å². The van der Waals surface area contributed by atoms with Crippen LogP contribution >= 0.6 is 0 Å². The van der Waals surface area contributed by atoms with Crippen molar-refractivity contribution in [2.24, 2.45) is 0 Å². The zero-order valence-corrected chi connectivity index (χ0v) is 15.0. The van der Waals surface area contributed by atoms with Gasteiger partial charge in [-0.15, -0.1) is 0 Å². The molecule has 0 spiro atoms. The number of hydrogen-bond acceptors (Lipinski definition) is 4. The first-order valence-corrected chi connectivity index (χ1v) is 8.61. The maximum Gasteiger partial charge on any atom is 0.266 e. The molecule has 2 aromatic rings. The Hall–Kier alpha value is -2.91. The summed E-state index contributed by atoms with van der Waals surface area (Å²) in [5.74, 6) is 0.00598. The largest absolute Gasteiger partial charge is 0.375 e. The number of nitriles is 1. The molecule has 3 rings (SSSR count). The molecule has 1 aliphatic rings. The summed E-state index contributed by atoms with van der Waals surface area (Å²) in [6.45, 7) is 5.07. The second kappa shape index (κ2) is 7.54. The SMILES string of the molecule is Cc1[nH]c(=O)c(C#N)c(C)c1CCC(=O)N1CCOCc2ccccc21. The number of aryl methyl sites for hydroxylation is 1. The van der Waals surface area contributed by atoms with Crippen LogP contribution in [0.1, 0.15) is 34.4 Å². The van der Waals surface area contributed by atoms with Gasteiger partial charge in [-0.1, -0.05) is 18.2 Å². The number of aromatic amines is 1. The molecule has 0 aliphatic carbocycles. The maximum absolute atomic E-state index is 12.9. The average molecular weight is 351 g/mol. The molecule has 0 fully saturated rings. The second-order valence-electron chi connectivity index (χ2n) is 6.40. The molecular weight excluding hydrogens is 330 g/mol. The lowest BCUT2D eigenvalue weighted by atomic mass is 9.98. The van der Waals surface area contributed by atoms with Gasteiger partial charge in [-0.25, -0.2) is 0 Å². The van der Waals surface area contributed by atoms with Crippen molar-refractivity contribution in [2.45, 2.75) is 33.3 Å².